The average molecular weight is 349 g/mol. The molecule has 0 saturated heterocycles. The van der Waals surface area contributed by atoms with Gasteiger partial charge in [-0.2, -0.15) is 0 Å². The summed E-state index contributed by atoms with van der Waals surface area (Å²) >= 11 is 7.21. The van der Waals surface area contributed by atoms with Crippen molar-refractivity contribution in [3.05, 3.63) is 16.1 Å². The molecule has 0 aliphatic carbocycles. The smallest absolute Gasteiger partial charge is 0.357 e. The van der Waals surface area contributed by atoms with Crippen molar-refractivity contribution in [2.45, 2.75) is 32.2 Å². The first kappa shape index (κ1) is 18.9. The highest BCUT2D eigenvalue weighted by Crippen LogP contribution is 2.15. The van der Waals surface area contributed by atoms with Gasteiger partial charge in [-0.3, -0.25) is 4.79 Å². The van der Waals surface area contributed by atoms with E-state index in [9.17, 15) is 9.59 Å². The standard InChI is InChI=1S/C14H21ClN2O4S/c1-4-21-14(19)11-9-22-12(16-11)8-17(6-5-7-20-3)13(18)10(2)15/h9-10H,4-8H2,1-3H3. The van der Waals surface area contributed by atoms with E-state index in [1.54, 1.807) is 31.2 Å². The maximum atomic E-state index is 12.1. The van der Waals surface area contributed by atoms with Crippen molar-refractivity contribution < 1.29 is 19.1 Å². The molecule has 0 radical (unpaired) electrons. The Morgan fingerprint density at radius 3 is 2.82 bits per heavy atom. The number of halogens is 1. The van der Waals surface area contributed by atoms with Crippen LogP contribution in [0.25, 0.3) is 0 Å². The van der Waals surface area contributed by atoms with Gasteiger partial charge in [0.2, 0.25) is 5.91 Å². The topological polar surface area (TPSA) is 68.7 Å². The van der Waals surface area contributed by atoms with E-state index in [-0.39, 0.29) is 11.6 Å². The van der Waals surface area contributed by atoms with Gasteiger partial charge in [0, 0.05) is 25.6 Å². The third-order valence-corrected chi connectivity index (χ3v) is 3.81. The monoisotopic (exact) mass is 348 g/mol. The summed E-state index contributed by atoms with van der Waals surface area (Å²) in [6.07, 6.45) is 0.710. The second-order valence-corrected chi connectivity index (χ2v) is 6.17. The molecule has 0 aliphatic rings. The van der Waals surface area contributed by atoms with Crippen molar-refractivity contribution in [1.82, 2.24) is 9.88 Å². The molecule has 1 aromatic heterocycles. The minimum Gasteiger partial charge on any atom is -0.461 e. The van der Waals surface area contributed by atoms with Crippen LogP contribution in [0.1, 0.15) is 35.8 Å². The Morgan fingerprint density at radius 2 is 2.23 bits per heavy atom. The highest BCUT2D eigenvalue weighted by Gasteiger charge is 2.20. The summed E-state index contributed by atoms with van der Waals surface area (Å²) in [5.74, 6) is -0.612. The Kier molecular flexibility index (Phi) is 8.37. The maximum Gasteiger partial charge on any atom is 0.357 e. The number of carbonyl (C=O) groups is 2. The molecule has 1 rings (SSSR count). The fraction of sp³-hybridized carbons (Fsp3) is 0.643. The van der Waals surface area contributed by atoms with Crippen molar-refractivity contribution in [2.24, 2.45) is 0 Å². The van der Waals surface area contributed by atoms with Crippen molar-refractivity contribution in [1.29, 1.82) is 0 Å². The fourth-order valence-electron chi connectivity index (χ4n) is 1.76. The van der Waals surface area contributed by atoms with Crippen LogP contribution >= 0.6 is 22.9 Å². The first-order chi connectivity index (χ1) is 10.5. The second kappa shape index (κ2) is 9.76. The molecule has 0 aliphatic heterocycles. The minimum absolute atomic E-state index is 0.161. The van der Waals surface area contributed by atoms with Crippen LogP contribution in [0.15, 0.2) is 5.38 Å². The van der Waals surface area contributed by atoms with E-state index in [1.165, 1.54) is 11.3 Å². The summed E-state index contributed by atoms with van der Waals surface area (Å²) in [5.41, 5.74) is 0.269. The van der Waals surface area contributed by atoms with Crippen molar-refractivity contribution in [3.63, 3.8) is 0 Å². The van der Waals surface area contributed by atoms with Gasteiger partial charge in [-0.05, 0) is 20.3 Å². The molecule has 1 heterocycles. The Morgan fingerprint density at radius 1 is 1.50 bits per heavy atom. The Labute approximate surface area is 139 Å². The van der Waals surface area contributed by atoms with Crippen LogP contribution in [0.5, 0.6) is 0 Å². The summed E-state index contributed by atoms with van der Waals surface area (Å²) in [4.78, 5) is 29.6. The molecular formula is C14H21ClN2O4S. The number of ether oxygens (including phenoxy) is 2. The number of esters is 1. The molecule has 0 aromatic carbocycles. The molecule has 6 nitrogen and oxygen atoms in total. The van der Waals surface area contributed by atoms with E-state index in [4.69, 9.17) is 21.1 Å². The van der Waals surface area contributed by atoms with Crippen LogP contribution in [0, 0.1) is 0 Å². The third-order valence-electron chi connectivity index (χ3n) is 2.79. The third kappa shape index (κ3) is 5.90. The van der Waals surface area contributed by atoms with Crippen LogP contribution in [-0.2, 0) is 20.8 Å². The number of carbonyl (C=O) groups excluding carboxylic acids is 2. The summed E-state index contributed by atoms with van der Waals surface area (Å²) in [5, 5.41) is 1.70. The lowest BCUT2D eigenvalue weighted by Gasteiger charge is -2.22. The molecular weight excluding hydrogens is 328 g/mol. The average Bonchev–Trinajstić information content (AvgIpc) is 2.94. The lowest BCUT2D eigenvalue weighted by molar-refractivity contribution is -0.131. The zero-order valence-corrected chi connectivity index (χ0v) is 14.6. The minimum atomic E-state index is -0.605. The molecule has 0 N–H and O–H groups in total. The predicted molar refractivity (Wildman–Crippen MR) is 85.3 cm³/mol. The van der Waals surface area contributed by atoms with Crippen LogP contribution in [-0.4, -0.2) is 54.0 Å². The van der Waals surface area contributed by atoms with Crippen molar-refractivity contribution in [3.8, 4) is 0 Å². The SMILES string of the molecule is CCOC(=O)c1csc(CN(CCCOC)C(=O)C(C)Cl)n1. The van der Waals surface area contributed by atoms with Gasteiger partial charge < -0.3 is 14.4 Å². The largest absolute Gasteiger partial charge is 0.461 e. The maximum absolute atomic E-state index is 12.1. The van der Waals surface area contributed by atoms with E-state index in [1.807, 2.05) is 0 Å². The number of methoxy groups -OCH3 is 1. The fourth-order valence-corrected chi connectivity index (χ4v) is 2.68. The molecule has 1 atom stereocenters. The first-order valence-electron chi connectivity index (χ1n) is 7.02. The van der Waals surface area contributed by atoms with Gasteiger partial charge in [0.15, 0.2) is 5.69 Å². The van der Waals surface area contributed by atoms with E-state index in [2.05, 4.69) is 4.98 Å². The molecule has 0 saturated carbocycles. The van der Waals surface area contributed by atoms with Gasteiger partial charge >= 0.3 is 5.97 Å². The lowest BCUT2D eigenvalue weighted by atomic mass is 10.3. The zero-order chi connectivity index (χ0) is 16.5. The van der Waals surface area contributed by atoms with Gasteiger partial charge in [0.1, 0.15) is 10.4 Å². The van der Waals surface area contributed by atoms with E-state index >= 15 is 0 Å². The number of amides is 1. The molecule has 1 aromatic rings. The Hall–Kier alpha value is -1.18. The van der Waals surface area contributed by atoms with E-state index < -0.39 is 11.3 Å². The van der Waals surface area contributed by atoms with Gasteiger partial charge in [-0.1, -0.05) is 0 Å². The van der Waals surface area contributed by atoms with Gasteiger partial charge in [0.25, 0.3) is 0 Å². The zero-order valence-electron chi connectivity index (χ0n) is 13.0. The normalized spacial score (nSPS) is 12.0. The molecule has 8 heteroatoms. The summed E-state index contributed by atoms with van der Waals surface area (Å²) in [6.45, 7) is 5.09. The number of hydrogen-bond acceptors (Lipinski definition) is 6. The van der Waals surface area contributed by atoms with Gasteiger partial charge in [-0.15, -0.1) is 22.9 Å². The number of rotatable bonds is 9. The Bertz CT molecular complexity index is 493. The molecule has 124 valence electrons. The van der Waals surface area contributed by atoms with Crippen molar-refractivity contribution in [2.75, 3.05) is 26.9 Å². The van der Waals surface area contributed by atoms with Crippen LogP contribution in [0.4, 0.5) is 0 Å². The Balaban J connectivity index is 2.72. The number of aromatic nitrogens is 1. The molecule has 0 bridgehead atoms. The van der Waals surface area contributed by atoms with E-state index in [0.29, 0.717) is 37.7 Å². The first-order valence-corrected chi connectivity index (χ1v) is 8.34. The number of alkyl halides is 1. The molecule has 0 fully saturated rings. The van der Waals surface area contributed by atoms with Gasteiger partial charge in [0.05, 0.1) is 13.2 Å². The number of thiazole rings is 1. The van der Waals surface area contributed by atoms with Crippen LogP contribution < -0.4 is 0 Å². The van der Waals surface area contributed by atoms with Crippen LogP contribution in [0.3, 0.4) is 0 Å². The van der Waals surface area contributed by atoms with Crippen LogP contribution in [0.2, 0.25) is 0 Å². The highest BCUT2D eigenvalue weighted by molar-refractivity contribution is 7.09. The number of hydrogen-bond donors (Lipinski definition) is 0. The molecule has 0 spiro atoms. The van der Waals surface area contributed by atoms with Gasteiger partial charge in [-0.25, -0.2) is 9.78 Å². The predicted octanol–water partition coefficient (Wildman–Crippen LogP) is 2.31. The lowest BCUT2D eigenvalue weighted by Crippen LogP contribution is -2.36. The molecule has 1 amide bonds. The molecule has 22 heavy (non-hydrogen) atoms. The van der Waals surface area contributed by atoms with E-state index in [0.717, 1.165) is 0 Å². The number of nitrogens with zero attached hydrogens (tertiary/aromatic N) is 2. The van der Waals surface area contributed by atoms with Crippen molar-refractivity contribution >= 4 is 34.8 Å². The summed E-state index contributed by atoms with van der Waals surface area (Å²) < 4.78 is 9.90. The summed E-state index contributed by atoms with van der Waals surface area (Å²) in [7, 11) is 1.61. The molecule has 1 unspecified atom stereocenters. The second-order valence-electron chi connectivity index (χ2n) is 4.57. The highest BCUT2D eigenvalue weighted by atomic mass is 35.5. The quantitative estimate of drug-likeness (QED) is 0.389. The summed E-state index contributed by atoms with van der Waals surface area (Å²) in [6, 6.07) is 0.